The van der Waals surface area contributed by atoms with Crippen LogP contribution in [-0.4, -0.2) is 46.6 Å². The first-order valence-corrected chi connectivity index (χ1v) is 12.7. The first kappa shape index (κ1) is 26.9. The number of hydrogen-bond donors (Lipinski definition) is 2. The molecule has 2 aromatic rings. The standard InChI is InChI=1S/C29H30O9/c1-17-8-7-11-19(30)10-4-2-3-9-18-14-23-27(28(34)26(18)29(35)37-17)21(15-25(33)38-23)20-12-5-6-13-22(20)36-16-24(31)32/h3,5-6,9,12-14,17,21,34H,2,4,7-8,10-11,15-16H2,1H3,(H,31,32)/b9-3+/t17-,21+/m0/s1. The minimum Gasteiger partial charge on any atom is -0.507 e. The van der Waals surface area contributed by atoms with Crippen molar-refractivity contribution in [2.45, 2.75) is 63.9 Å². The van der Waals surface area contributed by atoms with Crippen molar-refractivity contribution >= 4 is 29.8 Å². The first-order chi connectivity index (χ1) is 18.2. The highest BCUT2D eigenvalue weighted by atomic mass is 16.5. The molecule has 0 aromatic heterocycles. The zero-order valence-corrected chi connectivity index (χ0v) is 21.1. The number of hydrogen-bond acceptors (Lipinski definition) is 8. The average molecular weight is 523 g/mol. The number of Topliss-reactive ketones (excluding diaryl/α,β-unsaturated/α-hetero) is 1. The molecule has 38 heavy (non-hydrogen) atoms. The largest absolute Gasteiger partial charge is 0.507 e. The van der Waals surface area contributed by atoms with E-state index in [1.807, 2.05) is 0 Å². The average Bonchev–Trinajstić information content (AvgIpc) is 2.86. The van der Waals surface area contributed by atoms with Crippen molar-refractivity contribution in [3.8, 4) is 17.2 Å². The summed E-state index contributed by atoms with van der Waals surface area (Å²) in [5.74, 6) is -3.05. The fraction of sp³-hybridized carbons (Fsp3) is 0.379. The summed E-state index contributed by atoms with van der Waals surface area (Å²) in [6, 6.07) is 8.16. The lowest BCUT2D eigenvalue weighted by Crippen LogP contribution is -2.24. The Kier molecular flexibility index (Phi) is 8.45. The zero-order valence-electron chi connectivity index (χ0n) is 21.1. The van der Waals surface area contributed by atoms with E-state index in [4.69, 9.17) is 19.3 Å². The monoisotopic (exact) mass is 522 g/mol. The number of carbonyl (C=O) groups excluding carboxylic acids is 3. The van der Waals surface area contributed by atoms with Gasteiger partial charge in [-0.1, -0.05) is 30.4 Å². The van der Waals surface area contributed by atoms with Crippen LogP contribution in [0.15, 0.2) is 36.4 Å². The summed E-state index contributed by atoms with van der Waals surface area (Å²) >= 11 is 0. The molecule has 0 saturated carbocycles. The van der Waals surface area contributed by atoms with E-state index in [1.165, 1.54) is 6.07 Å². The Labute approximate surface area is 220 Å². The number of cyclic esters (lactones) is 1. The lowest BCUT2D eigenvalue weighted by atomic mass is 9.83. The van der Waals surface area contributed by atoms with Gasteiger partial charge in [-0.15, -0.1) is 0 Å². The molecule has 0 bridgehead atoms. The number of ketones is 1. The van der Waals surface area contributed by atoms with Crippen LogP contribution in [0.1, 0.15) is 84.8 Å². The van der Waals surface area contributed by atoms with Gasteiger partial charge in [-0.05, 0) is 50.3 Å². The molecule has 2 aromatic carbocycles. The molecule has 9 nitrogen and oxygen atoms in total. The molecule has 2 aliphatic heterocycles. The van der Waals surface area contributed by atoms with Gasteiger partial charge in [0.25, 0.3) is 0 Å². The van der Waals surface area contributed by atoms with Gasteiger partial charge in [-0.2, -0.15) is 0 Å². The minimum absolute atomic E-state index is 0.0492. The van der Waals surface area contributed by atoms with Crippen molar-refractivity contribution in [2.75, 3.05) is 6.61 Å². The zero-order chi connectivity index (χ0) is 27.2. The molecule has 4 rings (SSSR count). The molecule has 0 aliphatic carbocycles. The number of aliphatic carboxylic acids is 1. The fourth-order valence-corrected chi connectivity index (χ4v) is 4.82. The summed E-state index contributed by atoms with van der Waals surface area (Å²) in [6.07, 6.45) is 6.06. The van der Waals surface area contributed by atoms with E-state index in [9.17, 15) is 24.3 Å². The Morgan fingerprint density at radius 2 is 1.89 bits per heavy atom. The number of allylic oxidation sites excluding steroid dienone is 1. The number of carboxylic acids is 1. The van der Waals surface area contributed by atoms with Gasteiger partial charge in [-0.25, -0.2) is 9.59 Å². The van der Waals surface area contributed by atoms with E-state index >= 15 is 0 Å². The van der Waals surface area contributed by atoms with Crippen molar-refractivity contribution in [2.24, 2.45) is 0 Å². The van der Waals surface area contributed by atoms with Gasteiger partial charge >= 0.3 is 17.9 Å². The number of phenolic OH excluding ortho intramolecular Hbond substituents is 1. The third-order valence-electron chi connectivity index (χ3n) is 6.62. The molecule has 2 aliphatic rings. The van der Waals surface area contributed by atoms with Crippen LogP contribution in [-0.2, 0) is 19.1 Å². The lowest BCUT2D eigenvalue weighted by Gasteiger charge is -2.28. The number of ether oxygens (including phenoxy) is 3. The Balaban J connectivity index is 1.81. The number of carbonyl (C=O) groups is 4. The predicted molar refractivity (Wildman–Crippen MR) is 136 cm³/mol. The Hall–Kier alpha value is -4.14. The van der Waals surface area contributed by atoms with E-state index in [2.05, 4.69) is 0 Å². The van der Waals surface area contributed by atoms with Gasteiger partial charge in [0.2, 0.25) is 0 Å². The SMILES string of the molecule is C[C@H]1CCCC(=O)CCC/C=C/c2cc3c(c(O)c2C(=O)O1)[C@@H](c1ccccc1OCC(=O)O)CC(=O)O3. The van der Waals surface area contributed by atoms with Crippen LogP contribution in [0.2, 0.25) is 0 Å². The van der Waals surface area contributed by atoms with E-state index in [1.54, 1.807) is 43.3 Å². The minimum atomic E-state index is -1.16. The third kappa shape index (κ3) is 6.22. The van der Waals surface area contributed by atoms with Crippen LogP contribution in [0.3, 0.4) is 0 Å². The third-order valence-corrected chi connectivity index (χ3v) is 6.62. The topological polar surface area (TPSA) is 136 Å². The summed E-state index contributed by atoms with van der Waals surface area (Å²) in [5.41, 5.74) is 0.974. The summed E-state index contributed by atoms with van der Waals surface area (Å²) in [4.78, 5) is 49.1. The summed E-state index contributed by atoms with van der Waals surface area (Å²) < 4.78 is 16.6. The number of esters is 2. The van der Waals surface area contributed by atoms with Crippen LogP contribution in [0.4, 0.5) is 0 Å². The highest BCUT2D eigenvalue weighted by Crippen LogP contribution is 2.48. The molecule has 200 valence electrons. The second-order valence-electron chi connectivity index (χ2n) is 9.49. The molecule has 0 spiro atoms. The van der Waals surface area contributed by atoms with Gasteiger partial charge < -0.3 is 24.4 Å². The van der Waals surface area contributed by atoms with Crippen LogP contribution in [0.5, 0.6) is 17.2 Å². The highest BCUT2D eigenvalue weighted by Gasteiger charge is 2.36. The number of aromatic hydroxyl groups is 1. The number of para-hydroxylation sites is 1. The molecule has 2 N–H and O–H groups in total. The van der Waals surface area contributed by atoms with E-state index in [0.717, 1.165) is 0 Å². The van der Waals surface area contributed by atoms with Crippen molar-refractivity contribution in [1.82, 2.24) is 0 Å². The number of phenols is 1. The Morgan fingerprint density at radius 1 is 1.13 bits per heavy atom. The van der Waals surface area contributed by atoms with E-state index < -0.39 is 36.5 Å². The molecular formula is C29H30O9. The number of carboxylic acid groups (broad SMARTS) is 1. The molecule has 0 saturated heterocycles. The maximum atomic E-state index is 13.3. The van der Waals surface area contributed by atoms with Crippen LogP contribution in [0, 0.1) is 0 Å². The molecular weight excluding hydrogens is 492 g/mol. The second kappa shape index (κ2) is 11.9. The van der Waals surface area contributed by atoms with Crippen LogP contribution >= 0.6 is 0 Å². The van der Waals surface area contributed by atoms with Crippen LogP contribution in [0.25, 0.3) is 6.08 Å². The van der Waals surface area contributed by atoms with Gasteiger partial charge in [0.15, 0.2) is 6.61 Å². The van der Waals surface area contributed by atoms with Crippen molar-refractivity contribution < 1.29 is 43.6 Å². The lowest BCUT2D eigenvalue weighted by molar-refractivity contribution is -0.139. The van der Waals surface area contributed by atoms with Crippen molar-refractivity contribution in [3.05, 3.63) is 58.7 Å². The van der Waals surface area contributed by atoms with E-state index in [-0.39, 0.29) is 40.6 Å². The molecule has 0 unspecified atom stereocenters. The Bertz CT molecular complexity index is 1280. The van der Waals surface area contributed by atoms with E-state index in [0.29, 0.717) is 49.7 Å². The second-order valence-corrected chi connectivity index (χ2v) is 9.49. The molecule has 9 heteroatoms. The fourth-order valence-electron chi connectivity index (χ4n) is 4.82. The summed E-state index contributed by atoms with van der Waals surface area (Å²) in [5, 5.41) is 20.6. The Morgan fingerprint density at radius 3 is 2.68 bits per heavy atom. The van der Waals surface area contributed by atoms with Crippen LogP contribution < -0.4 is 9.47 Å². The van der Waals surface area contributed by atoms with Gasteiger partial charge in [0, 0.05) is 29.9 Å². The predicted octanol–water partition coefficient (Wildman–Crippen LogP) is 4.78. The van der Waals surface area contributed by atoms with Gasteiger partial charge in [-0.3, -0.25) is 9.59 Å². The van der Waals surface area contributed by atoms with Crippen molar-refractivity contribution in [3.63, 3.8) is 0 Å². The van der Waals surface area contributed by atoms with Gasteiger partial charge in [0.1, 0.15) is 28.6 Å². The number of fused-ring (bicyclic) bond motifs is 2. The molecule has 0 amide bonds. The maximum absolute atomic E-state index is 13.3. The maximum Gasteiger partial charge on any atom is 0.342 e. The highest BCUT2D eigenvalue weighted by molar-refractivity contribution is 5.98. The smallest absolute Gasteiger partial charge is 0.342 e. The quantitative estimate of drug-likeness (QED) is 0.429. The summed E-state index contributed by atoms with van der Waals surface area (Å²) in [7, 11) is 0. The molecule has 0 radical (unpaired) electrons. The normalized spacial score (nSPS) is 21.2. The number of benzene rings is 2. The molecule has 2 atom stereocenters. The molecule has 0 fully saturated rings. The molecule has 2 heterocycles. The number of rotatable bonds is 4. The van der Waals surface area contributed by atoms with Crippen molar-refractivity contribution in [1.29, 1.82) is 0 Å². The summed E-state index contributed by atoms with van der Waals surface area (Å²) in [6.45, 7) is 1.15. The first-order valence-electron chi connectivity index (χ1n) is 12.7. The van der Waals surface area contributed by atoms with Gasteiger partial charge in [0.05, 0.1) is 12.5 Å².